The van der Waals surface area contributed by atoms with E-state index in [-0.39, 0.29) is 5.41 Å². The molecule has 2 aromatic heterocycles. The van der Waals surface area contributed by atoms with Gasteiger partial charge < -0.3 is 4.57 Å². The molecule has 0 N–H and O–H groups in total. The fourth-order valence-electron chi connectivity index (χ4n) is 4.00. The minimum Gasteiger partial charge on any atom is -0.343 e. The molecule has 124 valence electrons. The van der Waals surface area contributed by atoms with Gasteiger partial charge in [0.05, 0.1) is 5.52 Å². The summed E-state index contributed by atoms with van der Waals surface area (Å²) in [5, 5.41) is 5.49. The van der Waals surface area contributed by atoms with E-state index in [2.05, 4.69) is 87.0 Å². The smallest absolute Gasteiger partial charge is 0.0583 e. The Kier molecular flexibility index (Phi) is 2.91. The molecule has 0 spiro atoms. The second-order valence-electron chi connectivity index (χ2n) is 7.97. The normalized spacial score (nSPS) is 12.8. The monoisotopic (exact) mass is 343 g/mol. The third-order valence-corrected chi connectivity index (χ3v) is 6.50. The van der Waals surface area contributed by atoms with Crippen molar-refractivity contribution in [3.8, 4) is 0 Å². The van der Waals surface area contributed by atoms with Crippen molar-refractivity contribution in [3.63, 3.8) is 0 Å². The van der Waals surface area contributed by atoms with Crippen LogP contribution in [0.15, 0.2) is 54.6 Å². The first-order chi connectivity index (χ1) is 11.9. The zero-order valence-electron chi connectivity index (χ0n) is 15.1. The molecule has 3 aromatic carbocycles. The number of aryl methyl sites for hydroxylation is 1. The Bertz CT molecular complexity index is 1280. The fourth-order valence-corrected chi connectivity index (χ4v) is 5.09. The summed E-state index contributed by atoms with van der Waals surface area (Å²) in [5.41, 5.74) is 4.22. The van der Waals surface area contributed by atoms with Crippen LogP contribution in [0.2, 0.25) is 0 Å². The van der Waals surface area contributed by atoms with Gasteiger partial charge in [-0.15, -0.1) is 11.3 Å². The lowest BCUT2D eigenvalue weighted by Crippen LogP contribution is -2.10. The van der Waals surface area contributed by atoms with Crippen LogP contribution >= 0.6 is 11.3 Å². The van der Waals surface area contributed by atoms with E-state index in [1.165, 1.54) is 47.5 Å². The maximum atomic E-state index is 2.41. The van der Waals surface area contributed by atoms with E-state index >= 15 is 0 Å². The predicted octanol–water partition coefficient (Wildman–Crippen LogP) is 7.00. The Morgan fingerprint density at radius 1 is 0.800 bits per heavy atom. The van der Waals surface area contributed by atoms with Gasteiger partial charge in [0.15, 0.2) is 0 Å². The molecule has 25 heavy (non-hydrogen) atoms. The minimum absolute atomic E-state index is 0.162. The summed E-state index contributed by atoms with van der Waals surface area (Å²) in [4.78, 5) is 0. The van der Waals surface area contributed by atoms with Gasteiger partial charge in [-0.3, -0.25) is 0 Å². The zero-order chi connectivity index (χ0) is 17.3. The summed E-state index contributed by atoms with van der Waals surface area (Å²) in [5.74, 6) is 0. The quantitative estimate of drug-likeness (QED) is 0.285. The molecule has 0 radical (unpaired) electrons. The summed E-state index contributed by atoms with van der Waals surface area (Å²) >= 11 is 1.90. The van der Waals surface area contributed by atoms with Gasteiger partial charge in [0.1, 0.15) is 0 Å². The molecule has 0 amide bonds. The highest BCUT2D eigenvalue weighted by Crippen LogP contribution is 2.42. The summed E-state index contributed by atoms with van der Waals surface area (Å²) in [6, 6.07) is 20.3. The third kappa shape index (κ3) is 2.01. The van der Waals surface area contributed by atoms with Gasteiger partial charge in [0.25, 0.3) is 0 Å². The standard InChI is InChI=1S/C23H21NS/c1-23(2,3)14-9-11-19-17(13-14)21-20(25-19)12-10-16-15-7-5-6-8-18(15)24(4)22(16)21/h5-13H,1-4H3. The van der Waals surface area contributed by atoms with Crippen molar-refractivity contribution in [2.45, 2.75) is 26.2 Å². The van der Waals surface area contributed by atoms with Crippen molar-refractivity contribution in [1.82, 2.24) is 4.57 Å². The van der Waals surface area contributed by atoms with Crippen LogP contribution in [0, 0.1) is 0 Å². The van der Waals surface area contributed by atoms with Crippen LogP contribution in [0.5, 0.6) is 0 Å². The molecule has 0 aliphatic carbocycles. The lowest BCUT2D eigenvalue weighted by atomic mass is 9.86. The van der Waals surface area contributed by atoms with Crippen molar-refractivity contribution >= 4 is 53.3 Å². The molecule has 0 unspecified atom stereocenters. The Morgan fingerprint density at radius 3 is 2.36 bits per heavy atom. The number of hydrogen-bond donors (Lipinski definition) is 0. The van der Waals surface area contributed by atoms with Gasteiger partial charge in [0, 0.05) is 43.5 Å². The van der Waals surface area contributed by atoms with E-state index < -0.39 is 0 Å². The first-order valence-electron chi connectivity index (χ1n) is 8.78. The molecule has 0 aliphatic rings. The first kappa shape index (κ1) is 15.0. The van der Waals surface area contributed by atoms with Gasteiger partial charge in [-0.1, -0.05) is 51.1 Å². The lowest BCUT2D eigenvalue weighted by molar-refractivity contribution is 0.591. The van der Waals surface area contributed by atoms with Crippen LogP contribution in [-0.2, 0) is 12.5 Å². The molecule has 1 nitrogen and oxygen atoms in total. The maximum Gasteiger partial charge on any atom is 0.0583 e. The summed E-state index contributed by atoms with van der Waals surface area (Å²) in [7, 11) is 2.20. The Hall–Kier alpha value is -2.32. The van der Waals surface area contributed by atoms with E-state index in [9.17, 15) is 0 Å². The highest BCUT2D eigenvalue weighted by Gasteiger charge is 2.18. The van der Waals surface area contributed by atoms with Crippen molar-refractivity contribution in [2.75, 3.05) is 0 Å². The Morgan fingerprint density at radius 2 is 1.56 bits per heavy atom. The topological polar surface area (TPSA) is 4.93 Å². The molecule has 0 saturated heterocycles. The van der Waals surface area contributed by atoms with Crippen LogP contribution in [0.25, 0.3) is 42.0 Å². The first-order valence-corrected chi connectivity index (χ1v) is 9.60. The van der Waals surface area contributed by atoms with Gasteiger partial charge in [-0.2, -0.15) is 0 Å². The van der Waals surface area contributed by atoms with Crippen LogP contribution in [-0.4, -0.2) is 4.57 Å². The van der Waals surface area contributed by atoms with Gasteiger partial charge >= 0.3 is 0 Å². The molecular formula is C23H21NS. The highest BCUT2D eigenvalue weighted by atomic mass is 32.1. The second-order valence-corrected chi connectivity index (χ2v) is 9.06. The molecule has 2 heterocycles. The van der Waals surface area contributed by atoms with E-state index in [0.717, 1.165) is 0 Å². The Balaban J connectivity index is 2.03. The van der Waals surface area contributed by atoms with E-state index in [4.69, 9.17) is 0 Å². The molecule has 0 bridgehead atoms. The number of fused-ring (bicyclic) bond motifs is 7. The van der Waals surface area contributed by atoms with E-state index in [1.807, 2.05) is 11.3 Å². The van der Waals surface area contributed by atoms with Crippen LogP contribution in [0.4, 0.5) is 0 Å². The molecule has 0 saturated carbocycles. The molecule has 5 aromatic rings. The SMILES string of the molecule is Cn1c2ccccc2c2ccc3sc4ccc(C(C)(C)C)cc4c3c21. The number of hydrogen-bond acceptors (Lipinski definition) is 1. The molecule has 2 heteroatoms. The van der Waals surface area contributed by atoms with Crippen LogP contribution in [0.1, 0.15) is 26.3 Å². The number of nitrogens with zero attached hydrogens (tertiary/aromatic N) is 1. The third-order valence-electron chi connectivity index (χ3n) is 5.37. The van der Waals surface area contributed by atoms with Crippen LogP contribution < -0.4 is 0 Å². The van der Waals surface area contributed by atoms with E-state index in [0.29, 0.717) is 0 Å². The number of aromatic nitrogens is 1. The highest BCUT2D eigenvalue weighted by molar-refractivity contribution is 7.26. The minimum atomic E-state index is 0.162. The van der Waals surface area contributed by atoms with Gasteiger partial charge in [0.2, 0.25) is 0 Å². The summed E-state index contributed by atoms with van der Waals surface area (Å²) in [6.07, 6.45) is 0. The van der Waals surface area contributed by atoms with E-state index in [1.54, 1.807) is 0 Å². The Labute approximate surface area is 151 Å². The summed E-state index contributed by atoms with van der Waals surface area (Å²) in [6.45, 7) is 6.86. The fraction of sp³-hybridized carbons (Fsp3) is 0.217. The number of benzene rings is 3. The lowest BCUT2D eigenvalue weighted by Gasteiger charge is -2.19. The van der Waals surface area contributed by atoms with Crippen molar-refractivity contribution in [3.05, 3.63) is 60.2 Å². The number of rotatable bonds is 0. The maximum absolute atomic E-state index is 2.41. The molecular weight excluding hydrogens is 322 g/mol. The van der Waals surface area contributed by atoms with Gasteiger partial charge in [-0.25, -0.2) is 0 Å². The molecule has 5 rings (SSSR count). The average Bonchev–Trinajstić information content (AvgIpc) is 3.10. The number of para-hydroxylation sites is 1. The average molecular weight is 343 g/mol. The van der Waals surface area contributed by atoms with Crippen molar-refractivity contribution in [1.29, 1.82) is 0 Å². The molecule has 0 fully saturated rings. The van der Waals surface area contributed by atoms with Crippen molar-refractivity contribution in [2.24, 2.45) is 7.05 Å². The molecule has 0 aliphatic heterocycles. The second kappa shape index (κ2) is 4.86. The zero-order valence-corrected chi connectivity index (χ0v) is 15.9. The largest absolute Gasteiger partial charge is 0.343 e. The van der Waals surface area contributed by atoms with Crippen molar-refractivity contribution < 1.29 is 0 Å². The molecule has 0 atom stereocenters. The van der Waals surface area contributed by atoms with Gasteiger partial charge in [-0.05, 0) is 35.2 Å². The predicted molar refractivity (Wildman–Crippen MR) is 112 cm³/mol. The summed E-state index contributed by atoms with van der Waals surface area (Å²) < 4.78 is 5.11. The number of thiophene rings is 1. The van der Waals surface area contributed by atoms with Crippen LogP contribution in [0.3, 0.4) is 0 Å².